The van der Waals surface area contributed by atoms with Crippen molar-refractivity contribution in [3.63, 3.8) is 0 Å². The Bertz CT molecular complexity index is 1270. The fourth-order valence-corrected chi connectivity index (χ4v) is 8.56. The van der Waals surface area contributed by atoms with E-state index < -0.39 is 36.1 Å². The quantitative estimate of drug-likeness (QED) is 0.372. The predicted octanol–water partition coefficient (Wildman–Crippen LogP) is 1.72. The maximum atomic E-state index is 12.9. The summed E-state index contributed by atoms with van der Waals surface area (Å²) in [7, 11) is -8.01. The number of nitrogens with one attached hydrogen (secondary N) is 2. The van der Waals surface area contributed by atoms with Crippen LogP contribution in [0.3, 0.4) is 0 Å². The molecule has 0 bridgehead atoms. The van der Waals surface area contributed by atoms with Crippen molar-refractivity contribution in [3.8, 4) is 0 Å². The number of rotatable bonds is 9. The molecular formula is C19H23N3O8S3. The molecule has 1 amide bonds. The Labute approximate surface area is 195 Å². The van der Waals surface area contributed by atoms with Crippen LogP contribution in [0.25, 0.3) is 0 Å². The number of carbonyl (C=O) groups excluding carboxylic acids is 1. The normalized spacial score (nSPS) is 19.5. The lowest BCUT2D eigenvalue weighted by molar-refractivity contribution is -0.763. The molecular weight excluding hydrogens is 494 g/mol. The van der Waals surface area contributed by atoms with Gasteiger partial charge in [0.05, 0.1) is 11.7 Å². The minimum absolute atomic E-state index is 0.0118. The van der Waals surface area contributed by atoms with Crippen molar-refractivity contribution in [2.45, 2.75) is 53.0 Å². The highest BCUT2D eigenvalue weighted by Crippen LogP contribution is 2.42. The number of sulfone groups is 1. The van der Waals surface area contributed by atoms with E-state index in [4.69, 9.17) is 0 Å². The molecule has 0 aliphatic carbocycles. The fourth-order valence-electron chi connectivity index (χ4n) is 3.57. The zero-order valence-electron chi connectivity index (χ0n) is 17.8. The van der Waals surface area contributed by atoms with E-state index in [-0.39, 0.29) is 27.5 Å². The Balaban J connectivity index is 1.83. The Kier molecular flexibility index (Phi) is 7.41. The highest BCUT2D eigenvalue weighted by atomic mass is 32.3. The van der Waals surface area contributed by atoms with Gasteiger partial charge < -0.3 is 10.2 Å². The van der Waals surface area contributed by atoms with E-state index in [1.54, 1.807) is 19.1 Å². The Morgan fingerprint density at radius 1 is 1.30 bits per heavy atom. The number of thiophene rings is 1. The van der Waals surface area contributed by atoms with Gasteiger partial charge in [0.2, 0.25) is 5.91 Å². The van der Waals surface area contributed by atoms with Crippen LogP contribution >= 0.6 is 11.3 Å². The average molecular weight is 518 g/mol. The Morgan fingerprint density at radius 3 is 2.61 bits per heavy atom. The standard InChI is InChI=1S/C19H23N3O8S3/c1-3-20-16-8-12(2)32(26,27)19-15(16)10-18(31-19)33(28,29)21-17(23)9-13-6-4-5-7-14(13)11-30-22(24)25/h4-7,10,12,16,20H,3,8-9,11H2,1-2H3,(H,21,23)/t12?,16-/m0/s1. The zero-order chi connectivity index (χ0) is 24.4. The van der Waals surface area contributed by atoms with Gasteiger partial charge in [-0.05, 0) is 37.1 Å². The molecule has 2 atom stereocenters. The molecule has 3 rings (SSSR count). The Hall–Kier alpha value is -2.55. The van der Waals surface area contributed by atoms with Gasteiger partial charge in [0, 0.05) is 11.6 Å². The molecule has 14 heteroatoms. The van der Waals surface area contributed by atoms with Crippen LogP contribution in [0.2, 0.25) is 0 Å². The summed E-state index contributed by atoms with van der Waals surface area (Å²) >= 11 is 0.620. The summed E-state index contributed by atoms with van der Waals surface area (Å²) in [6.07, 6.45) is -0.0499. The third kappa shape index (κ3) is 5.51. The SMILES string of the molecule is CCN[C@H]1CC(C)S(=O)(=O)c2sc(S(=O)(=O)NC(=O)Cc3ccccc3CO[N+](=O)[O-])cc21. The van der Waals surface area contributed by atoms with E-state index in [9.17, 15) is 31.7 Å². The highest BCUT2D eigenvalue weighted by molar-refractivity contribution is 7.95. The maximum Gasteiger partial charge on any atom is 0.294 e. The van der Waals surface area contributed by atoms with Gasteiger partial charge in [0.1, 0.15) is 15.0 Å². The number of benzene rings is 1. The number of hydrogen-bond donors (Lipinski definition) is 2. The van der Waals surface area contributed by atoms with Crippen LogP contribution in [0, 0.1) is 10.1 Å². The second-order valence-corrected chi connectivity index (χ2v) is 13.0. The van der Waals surface area contributed by atoms with Crippen LogP contribution < -0.4 is 10.0 Å². The monoisotopic (exact) mass is 517 g/mol. The fraction of sp³-hybridized carbons (Fsp3) is 0.421. The maximum absolute atomic E-state index is 12.9. The van der Waals surface area contributed by atoms with Crippen molar-refractivity contribution < 1.29 is 31.6 Å². The number of carbonyl (C=O) groups is 1. The molecule has 33 heavy (non-hydrogen) atoms. The first-order valence-corrected chi connectivity index (χ1v) is 13.8. The molecule has 2 heterocycles. The molecule has 180 valence electrons. The lowest BCUT2D eigenvalue weighted by Crippen LogP contribution is -2.33. The number of sulfonamides is 1. The highest BCUT2D eigenvalue weighted by Gasteiger charge is 2.39. The molecule has 1 aromatic heterocycles. The second-order valence-electron chi connectivity index (χ2n) is 7.48. The van der Waals surface area contributed by atoms with E-state index in [1.165, 1.54) is 18.2 Å². The summed E-state index contributed by atoms with van der Waals surface area (Å²) in [5.41, 5.74) is 1.11. The molecule has 0 spiro atoms. The first-order valence-electron chi connectivity index (χ1n) is 9.96. The van der Waals surface area contributed by atoms with Crippen LogP contribution in [-0.4, -0.2) is 39.6 Å². The zero-order valence-corrected chi connectivity index (χ0v) is 20.3. The van der Waals surface area contributed by atoms with Crippen molar-refractivity contribution in [3.05, 3.63) is 57.1 Å². The van der Waals surface area contributed by atoms with Crippen LogP contribution in [0.1, 0.15) is 43.0 Å². The van der Waals surface area contributed by atoms with Crippen LogP contribution in [-0.2, 0) is 42.5 Å². The van der Waals surface area contributed by atoms with Crippen LogP contribution in [0.4, 0.5) is 0 Å². The summed E-state index contributed by atoms with van der Waals surface area (Å²) in [5, 5.41) is 12.0. The molecule has 0 saturated heterocycles. The van der Waals surface area contributed by atoms with Crippen molar-refractivity contribution in [2.75, 3.05) is 6.54 Å². The van der Waals surface area contributed by atoms with Crippen molar-refractivity contribution in [2.24, 2.45) is 0 Å². The summed E-state index contributed by atoms with van der Waals surface area (Å²) in [6, 6.07) is 7.26. The largest absolute Gasteiger partial charge is 0.310 e. The minimum Gasteiger partial charge on any atom is -0.310 e. The van der Waals surface area contributed by atoms with E-state index in [0.717, 1.165) is 0 Å². The predicted molar refractivity (Wildman–Crippen MR) is 119 cm³/mol. The molecule has 2 N–H and O–H groups in total. The molecule has 1 aromatic carbocycles. The first kappa shape index (κ1) is 25.1. The van der Waals surface area contributed by atoms with Crippen molar-refractivity contribution in [1.82, 2.24) is 10.0 Å². The summed E-state index contributed by atoms with van der Waals surface area (Å²) < 4.78 is 52.9. The van der Waals surface area contributed by atoms with Gasteiger partial charge >= 0.3 is 0 Å². The van der Waals surface area contributed by atoms with E-state index in [2.05, 4.69) is 10.2 Å². The average Bonchev–Trinajstić information content (AvgIpc) is 3.19. The first-order chi connectivity index (χ1) is 15.5. The summed E-state index contributed by atoms with van der Waals surface area (Å²) in [4.78, 5) is 27.3. The van der Waals surface area contributed by atoms with Gasteiger partial charge in [-0.15, -0.1) is 21.5 Å². The molecule has 0 fully saturated rings. The lowest BCUT2D eigenvalue weighted by atomic mass is 10.1. The molecule has 0 radical (unpaired) electrons. The third-order valence-electron chi connectivity index (χ3n) is 5.19. The van der Waals surface area contributed by atoms with Crippen molar-refractivity contribution >= 4 is 37.1 Å². The molecule has 11 nitrogen and oxygen atoms in total. The molecule has 1 aliphatic rings. The number of hydrogen-bond acceptors (Lipinski definition) is 10. The number of amides is 1. The van der Waals surface area contributed by atoms with Gasteiger partial charge in [-0.25, -0.2) is 21.6 Å². The van der Waals surface area contributed by atoms with Gasteiger partial charge in [-0.1, -0.05) is 31.2 Å². The molecule has 1 aliphatic heterocycles. The molecule has 2 aromatic rings. The summed E-state index contributed by atoms with van der Waals surface area (Å²) in [5.74, 6) is -0.866. The number of fused-ring (bicyclic) bond motifs is 1. The van der Waals surface area contributed by atoms with Gasteiger partial charge in [0.25, 0.3) is 15.1 Å². The van der Waals surface area contributed by atoms with Crippen LogP contribution in [0.15, 0.2) is 38.8 Å². The molecule has 0 saturated carbocycles. The van der Waals surface area contributed by atoms with Gasteiger partial charge in [-0.3, -0.25) is 4.79 Å². The smallest absolute Gasteiger partial charge is 0.294 e. The minimum atomic E-state index is -4.33. The topological polar surface area (TPSA) is 162 Å². The van der Waals surface area contributed by atoms with Crippen LogP contribution in [0.5, 0.6) is 0 Å². The van der Waals surface area contributed by atoms with Crippen molar-refractivity contribution in [1.29, 1.82) is 0 Å². The molecule has 1 unspecified atom stereocenters. The van der Waals surface area contributed by atoms with Gasteiger partial charge in [0.15, 0.2) is 9.84 Å². The van der Waals surface area contributed by atoms with E-state index in [0.29, 0.717) is 41.0 Å². The summed E-state index contributed by atoms with van der Waals surface area (Å²) in [6.45, 7) is 3.64. The lowest BCUT2D eigenvalue weighted by Gasteiger charge is -2.27. The second kappa shape index (κ2) is 9.75. The Morgan fingerprint density at radius 2 is 1.97 bits per heavy atom. The van der Waals surface area contributed by atoms with E-state index >= 15 is 0 Å². The van der Waals surface area contributed by atoms with Gasteiger partial charge in [-0.2, -0.15) is 0 Å². The third-order valence-corrected chi connectivity index (χ3v) is 10.9. The number of nitrogens with zero attached hydrogens (tertiary/aromatic N) is 1. The van der Waals surface area contributed by atoms with E-state index in [1.807, 2.05) is 11.6 Å².